The fraction of sp³-hybridized carbons (Fsp3) is 0.273. The number of fused-ring (bicyclic) bond motifs is 3. The molecule has 2 aromatic rings. The number of ether oxygens (including phenoxy) is 1. The first-order chi connectivity index (χ1) is 13.1. The Morgan fingerprint density at radius 1 is 1.19 bits per heavy atom. The van der Waals surface area contributed by atoms with Gasteiger partial charge in [0, 0.05) is 5.92 Å². The van der Waals surface area contributed by atoms with E-state index in [1.165, 1.54) is 0 Å². The molecule has 5 heteroatoms. The van der Waals surface area contributed by atoms with E-state index in [0.717, 1.165) is 23.2 Å². The van der Waals surface area contributed by atoms with Gasteiger partial charge in [-0.1, -0.05) is 36.4 Å². The predicted molar refractivity (Wildman–Crippen MR) is 102 cm³/mol. The largest absolute Gasteiger partial charge is 0.478 e. The highest BCUT2D eigenvalue weighted by Gasteiger charge is 2.39. The van der Waals surface area contributed by atoms with Gasteiger partial charge < -0.3 is 15.2 Å². The predicted octanol–water partition coefficient (Wildman–Crippen LogP) is 4.39. The lowest BCUT2D eigenvalue weighted by atomic mass is 9.76. The van der Waals surface area contributed by atoms with Crippen molar-refractivity contribution < 1.29 is 19.4 Å². The van der Waals surface area contributed by atoms with Crippen LogP contribution in [0.25, 0.3) is 0 Å². The first-order valence-electron chi connectivity index (χ1n) is 9.16. The normalized spacial score (nSPS) is 22.5. The zero-order valence-electron chi connectivity index (χ0n) is 15.0. The summed E-state index contributed by atoms with van der Waals surface area (Å²) in [6.07, 6.45) is 5.33. The van der Waals surface area contributed by atoms with E-state index in [1.54, 1.807) is 25.1 Å². The number of carbonyl (C=O) groups excluding carboxylic acids is 1. The Hall–Kier alpha value is -3.08. The number of carboxylic acid groups (broad SMARTS) is 1. The Kier molecular flexibility index (Phi) is 4.44. The highest BCUT2D eigenvalue weighted by Crippen LogP contribution is 2.50. The zero-order chi connectivity index (χ0) is 19.0. The summed E-state index contributed by atoms with van der Waals surface area (Å²) in [4.78, 5) is 23.6. The number of benzene rings is 2. The van der Waals surface area contributed by atoms with Crippen LogP contribution in [0.15, 0.2) is 54.6 Å². The minimum atomic E-state index is -0.937. The van der Waals surface area contributed by atoms with Gasteiger partial charge in [-0.2, -0.15) is 0 Å². The molecule has 1 aliphatic heterocycles. The van der Waals surface area contributed by atoms with E-state index in [0.29, 0.717) is 18.1 Å². The Morgan fingerprint density at radius 2 is 1.96 bits per heavy atom. The number of hydrogen-bond acceptors (Lipinski definition) is 4. The van der Waals surface area contributed by atoms with E-state index in [1.807, 2.05) is 18.2 Å². The van der Waals surface area contributed by atoms with Crippen LogP contribution in [-0.4, -0.2) is 23.7 Å². The van der Waals surface area contributed by atoms with Crippen LogP contribution in [0.4, 0.5) is 5.69 Å². The lowest BCUT2D eigenvalue weighted by Crippen LogP contribution is -2.30. The molecule has 0 amide bonds. The highest BCUT2D eigenvalue weighted by molar-refractivity contribution is 5.97. The number of carboxylic acids is 1. The van der Waals surface area contributed by atoms with E-state index >= 15 is 0 Å². The molecule has 27 heavy (non-hydrogen) atoms. The zero-order valence-corrected chi connectivity index (χ0v) is 15.0. The van der Waals surface area contributed by atoms with Gasteiger partial charge in [0.1, 0.15) is 0 Å². The molecule has 3 atom stereocenters. The second-order valence-electron chi connectivity index (χ2n) is 6.89. The van der Waals surface area contributed by atoms with Crippen LogP contribution in [0.5, 0.6) is 0 Å². The van der Waals surface area contributed by atoms with Crippen molar-refractivity contribution in [2.75, 3.05) is 11.9 Å². The lowest BCUT2D eigenvalue weighted by molar-refractivity contribution is 0.0526. The molecule has 1 heterocycles. The molecule has 1 aliphatic carbocycles. The molecule has 5 nitrogen and oxygen atoms in total. The summed E-state index contributed by atoms with van der Waals surface area (Å²) in [5.41, 5.74) is 3.75. The molecule has 138 valence electrons. The van der Waals surface area contributed by atoms with Crippen molar-refractivity contribution in [1.29, 1.82) is 0 Å². The molecule has 0 spiro atoms. The van der Waals surface area contributed by atoms with Crippen molar-refractivity contribution in [3.8, 4) is 0 Å². The third-order valence-corrected chi connectivity index (χ3v) is 5.41. The maximum absolute atomic E-state index is 12.4. The van der Waals surface area contributed by atoms with Crippen molar-refractivity contribution in [3.63, 3.8) is 0 Å². The smallest absolute Gasteiger partial charge is 0.340 e. The number of rotatable bonds is 4. The number of carbonyl (C=O) groups is 2. The molecule has 0 saturated carbocycles. The second kappa shape index (κ2) is 6.91. The van der Waals surface area contributed by atoms with Crippen molar-refractivity contribution in [2.24, 2.45) is 5.92 Å². The summed E-state index contributed by atoms with van der Waals surface area (Å²) in [5, 5.41) is 12.7. The molecule has 0 radical (unpaired) electrons. The van der Waals surface area contributed by atoms with Gasteiger partial charge in [0.05, 0.1) is 29.5 Å². The Balaban J connectivity index is 1.75. The summed E-state index contributed by atoms with van der Waals surface area (Å²) in [7, 11) is 0. The average Bonchev–Trinajstić information content (AvgIpc) is 3.17. The molecular weight excluding hydrogens is 342 g/mol. The number of aromatic carboxylic acids is 1. The molecule has 0 fully saturated rings. The van der Waals surface area contributed by atoms with E-state index in [-0.39, 0.29) is 23.5 Å². The number of hydrogen-bond donors (Lipinski definition) is 2. The van der Waals surface area contributed by atoms with Gasteiger partial charge in [-0.25, -0.2) is 9.59 Å². The molecule has 2 aliphatic rings. The van der Waals surface area contributed by atoms with Gasteiger partial charge in [-0.05, 0) is 48.6 Å². The van der Waals surface area contributed by atoms with Crippen molar-refractivity contribution in [2.45, 2.75) is 25.3 Å². The van der Waals surface area contributed by atoms with Crippen molar-refractivity contribution in [1.82, 2.24) is 0 Å². The van der Waals surface area contributed by atoms with Crippen LogP contribution in [0.1, 0.15) is 57.1 Å². The summed E-state index contributed by atoms with van der Waals surface area (Å²) >= 11 is 0. The molecule has 2 aromatic carbocycles. The van der Waals surface area contributed by atoms with E-state index in [4.69, 9.17) is 9.84 Å². The Bertz CT molecular complexity index is 916. The maximum Gasteiger partial charge on any atom is 0.340 e. The SMILES string of the molecule is CCOC(=O)c1cccc2c1N[C@@H](c1ccc(C(=O)O)cc1)[C@H]1CC=C[C@H]21. The van der Waals surface area contributed by atoms with Crippen LogP contribution >= 0.6 is 0 Å². The first-order valence-corrected chi connectivity index (χ1v) is 9.16. The van der Waals surface area contributed by atoms with E-state index in [9.17, 15) is 9.59 Å². The van der Waals surface area contributed by atoms with Gasteiger partial charge in [-0.15, -0.1) is 0 Å². The lowest BCUT2D eigenvalue weighted by Gasteiger charge is -2.38. The minimum absolute atomic E-state index is 0.00378. The number of allylic oxidation sites excluding steroid dienone is 2. The van der Waals surface area contributed by atoms with Crippen LogP contribution < -0.4 is 5.32 Å². The van der Waals surface area contributed by atoms with E-state index < -0.39 is 5.97 Å². The molecule has 0 saturated heterocycles. The Morgan fingerprint density at radius 3 is 2.67 bits per heavy atom. The topological polar surface area (TPSA) is 75.6 Å². The average molecular weight is 363 g/mol. The molecule has 2 N–H and O–H groups in total. The summed E-state index contributed by atoms with van der Waals surface area (Å²) in [6, 6.07) is 12.7. The summed E-state index contributed by atoms with van der Waals surface area (Å²) in [6.45, 7) is 2.12. The number of nitrogens with one attached hydrogen (secondary N) is 1. The standard InChI is InChI=1S/C22H21NO4/c1-2-27-22(26)18-8-4-7-17-15-5-3-6-16(15)19(23-20(17)18)13-9-11-14(12-10-13)21(24)25/h3-5,7-12,15-16,19,23H,2,6H2,1H3,(H,24,25)/t15-,16-,19-/m0/s1. The third kappa shape index (κ3) is 2.99. The molecule has 0 unspecified atom stereocenters. The molecule has 0 bridgehead atoms. The van der Waals surface area contributed by atoms with Crippen molar-refractivity contribution in [3.05, 3.63) is 76.9 Å². The highest BCUT2D eigenvalue weighted by atomic mass is 16.5. The number of anilines is 1. The van der Waals surface area contributed by atoms with Gasteiger partial charge >= 0.3 is 11.9 Å². The minimum Gasteiger partial charge on any atom is -0.478 e. The fourth-order valence-electron chi connectivity index (χ4n) is 4.16. The van der Waals surface area contributed by atoms with Gasteiger partial charge in [0.15, 0.2) is 0 Å². The van der Waals surface area contributed by atoms with Crippen LogP contribution in [0.2, 0.25) is 0 Å². The first kappa shape index (κ1) is 17.3. The summed E-state index contributed by atoms with van der Waals surface area (Å²) < 4.78 is 5.23. The number of para-hydroxylation sites is 1. The van der Waals surface area contributed by atoms with Gasteiger partial charge in [0.25, 0.3) is 0 Å². The van der Waals surface area contributed by atoms with E-state index in [2.05, 4.69) is 23.5 Å². The van der Waals surface area contributed by atoms with Crippen molar-refractivity contribution >= 4 is 17.6 Å². The molecular formula is C22H21NO4. The third-order valence-electron chi connectivity index (χ3n) is 5.41. The van der Waals surface area contributed by atoms with Crippen LogP contribution in [-0.2, 0) is 4.74 Å². The quantitative estimate of drug-likeness (QED) is 0.622. The van der Waals surface area contributed by atoms with Gasteiger partial charge in [-0.3, -0.25) is 0 Å². The second-order valence-corrected chi connectivity index (χ2v) is 6.89. The van der Waals surface area contributed by atoms with Crippen LogP contribution in [0.3, 0.4) is 0 Å². The molecule has 4 rings (SSSR count). The van der Waals surface area contributed by atoms with Crippen LogP contribution in [0, 0.1) is 5.92 Å². The fourth-order valence-corrected chi connectivity index (χ4v) is 4.16. The maximum atomic E-state index is 12.4. The monoisotopic (exact) mass is 363 g/mol. The number of esters is 1. The van der Waals surface area contributed by atoms with Gasteiger partial charge in [0.2, 0.25) is 0 Å². The Labute approximate surface area is 157 Å². The molecule has 0 aromatic heterocycles. The summed E-state index contributed by atoms with van der Waals surface area (Å²) in [5.74, 6) is -0.721.